The van der Waals surface area contributed by atoms with Gasteiger partial charge in [-0.1, -0.05) is 24.3 Å². The van der Waals surface area contributed by atoms with Gasteiger partial charge in [0.15, 0.2) is 0 Å². The Morgan fingerprint density at radius 3 is 2.86 bits per heavy atom. The van der Waals surface area contributed by atoms with E-state index in [1.54, 1.807) is 0 Å². The third kappa shape index (κ3) is 2.60. The molecule has 3 N–H and O–H groups in total. The molecule has 3 rings (SSSR count). The normalized spacial score (nSPS) is 36.2. The highest BCUT2D eigenvalue weighted by Gasteiger charge is 2.52. The molecule has 4 atom stereocenters. The van der Waals surface area contributed by atoms with Crippen molar-refractivity contribution in [1.82, 2.24) is 0 Å². The maximum absolute atomic E-state index is 10.5. The summed E-state index contributed by atoms with van der Waals surface area (Å²) in [6.45, 7) is 0.440. The van der Waals surface area contributed by atoms with Gasteiger partial charge >= 0.3 is 0 Å². The molecule has 2 aliphatic rings. The summed E-state index contributed by atoms with van der Waals surface area (Å²) in [5.41, 5.74) is 1.86. The molecule has 0 aromatic heterocycles. The van der Waals surface area contributed by atoms with E-state index < -0.39 is 18.0 Å². The van der Waals surface area contributed by atoms with Crippen LogP contribution in [0.1, 0.15) is 30.4 Å². The van der Waals surface area contributed by atoms with Crippen LogP contribution >= 0.6 is 0 Å². The van der Waals surface area contributed by atoms with Crippen molar-refractivity contribution >= 4 is 0 Å². The van der Waals surface area contributed by atoms with Gasteiger partial charge in [0.25, 0.3) is 0 Å². The van der Waals surface area contributed by atoms with E-state index in [1.165, 1.54) is 0 Å². The molecule has 1 fully saturated rings. The molecule has 1 aromatic rings. The van der Waals surface area contributed by atoms with Gasteiger partial charge in [0, 0.05) is 18.6 Å². The Bertz CT molecular complexity index is 491. The lowest BCUT2D eigenvalue weighted by molar-refractivity contribution is -0.350. The molecule has 1 aromatic carbocycles. The van der Waals surface area contributed by atoms with Crippen LogP contribution in [0.25, 0.3) is 0 Å². The lowest BCUT2D eigenvalue weighted by Crippen LogP contribution is -2.57. The fourth-order valence-electron chi connectivity index (χ4n) is 3.32. The SMILES string of the molecule is OCCC1CC(O)C(O)[C@]2(OCCCc3ccccc32)O1. The van der Waals surface area contributed by atoms with E-state index in [-0.39, 0.29) is 12.7 Å². The number of ether oxygens (including phenoxy) is 2. The predicted molar refractivity (Wildman–Crippen MR) is 75.6 cm³/mol. The third-order valence-corrected chi connectivity index (χ3v) is 4.35. The van der Waals surface area contributed by atoms with E-state index in [0.29, 0.717) is 19.4 Å². The van der Waals surface area contributed by atoms with Crippen LogP contribution in [0.2, 0.25) is 0 Å². The van der Waals surface area contributed by atoms with Crippen LogP contribution in [0.15, 0.2) is 24.3 Å². The summed E-state index contributed by atoms with van der Waals surface area (Å²) in [7, 11) is 0. The summed E-state index contributed by atoms with van der Waals surface area (Å²) < 4.78 is 12.0. The molecule has 2 heterocycles. The van der Waals surface area contributed by atoms with Crippen LogP contribution in [-0.4, -0.2) is 46.8 Å². The quantitative estimate of drug-likeness (QED) is 0.748. The molecule has 0 amide bonds. The van der Waals surface area contributed by atoms with Crippen LogP contribution < -0.4 is 0 Å². The standard InChI is InChI=1S/C16H22O5/c17-8-7-12-10-14(18)15(19)16(21-12)13-6-2-1-4-11(13)5-3-9-20-16/h1-2,4,6,12,14-15,17-19H,3,5,7-10H2/t12?,14?,15?,16-/m1/s1. The van der Waals surface area contributed by atoms with Gasteiger partial charge in [0.05, 0.1) is 18.8 Å². The number of benzene rings is 1. The van der Waals surface area contributed by atoms with Gasteiger partial charge in [0.1, 0.15) is 6.10 Å². The minimum Gasteiger partial charge on any atom is -0.396 e. The van der Waals surface area contributed by atoms with Crippen molar-refractivity contribution in [1.29, 1.82) is 0 Å². The van der Waals surface area contributed by atoms with Crippen molar-refractivity contribution in [3.8, 4) is 0 Å². The van der Waals surface area contributed by atoms with Crippen LogP contribution in [0.5, 0.6) is 0 Å². The number of hydrogen-bond donors (Lipinski definition) is 3. The number of fused-ring (bicyclic) bond motifs is 2. The first-order valence-corrected chi connectivity index (χ1v) is 7.54. The Balaban J connectivity index is 2.03. The minimum atomic E-state index is -1.33. The summed E-state index contributed by atoms with van der Waals surface area (Å²) >= 11 is 0. The van der Waals surface area contributed by atoms with Gasteiger partial charge in [-0.2, -0.15) is 0 Å². The second-order valence-corrected chi connectivity index (χ2v) is 5.78. The summed E-state index contributed by atoms with van der Waals surface area (Å²) in [5, 5.41) is 29.9. The molecule has 0 saturated carbocycles. The Morgan fingerprint density at radius 1 is 1.24 bits per heavy atom. The largest absolute Gasteiger partial charge is 0.396 e. The zero-order valence-electron chi connectivity index (χ0n) is 11.9. The summed E-state index contributed by atoms with van der Waals surface area (Å²) in [5.74, 6) is -1.33. The average molecular weight is 294 g/mol. The molecule has 3 unspecified atom stereocenters. The summed E-state index contributed by atoms with van der Waals surface area (Å²) in [6, 6.07) is 7.73. The van der Waals surface area contributed by atoms with Crippen molar-refractivity contribution < 1.29 is 24.8 Å². The van der Waals surface area contributed by atoms with Crippen molar-refractivity contribution in [3.63, 3.8) is 0 Å². The number of aliphatic hydroxyl groups is 3. The van der Waals surface area contributed by atoms with E-state index in [0.717, 1.165) is 24.0 Å². The fraction of sp³-hybridized carbons (Fsp3) is 0.625. The lowest BCUT2D eigenvalue weighted by atomic mass is 9.86. The second kappa shape index (κ2) is 6.02. The molecular formula is C16H22O5. The maximum atomic E-state index is 10.5. The van der Waals surface area contributed by atoms with E-state index in [1.807, 2.05) is 24.3 Å². The molecule has 2 aliphatic heterocycles. The van der Waals surface area contributed by atoms with Crippen molar-refractivity contribution in [2.45, 2.75) is 49.8 Å². The highest BCUT2D eigenvalue weighted by molar-refractivity contribution is 5.34. The zero-order valence-corrected chi connectivity index (χ0v) is 11.9. The van der Waals surface area contributed by atoms with Crippen LogP contribution in [0, 0.1) is 0 Å². The zero-order chi connectivity index (χ0) is 14.9. The van der Waals surface area contributed by atoms with Gasteiger partial charge in [0.2, 0.25) is 5.79 Å². The van der Waals surface area contributed by atoms with Crippen LogP contribution in [0.4, 0.5) is 0 Å². The lowest BCUT2D eigenvalue weighted by Gasteiger charge is -2.46. The van der Waals surface area contributed by atoms with Gasteiger partial charge in [-0.05, 0) is 24.8 Å². The maximum Gasteiger partial charge on any atom is 0.224 e. The Labute approximate surface area is 124 Å². The first-order chi connectivity index (χ1) is 10.2. The molecule has 1 spiro atoms. The van der Waals surface area contributed by atoms with E-state index >= 15 is 0 Å². The van der Waals surface area contributed by atoms with Crippen molar-refractivity contribution in [2.24, 2.45) is 0 Å². The van der Waals surface area contributed by atoms with Gasteiger partial charge in [-0.15, -0.1) is 0 Å². The highest BCUT2D eigenvalue weighted by Crippen LogP contribution is 2.43. The molecule has 5 nitrogen and oxygen atoms in total. The average Bonchev–Trinajstić information content (AvgIpc) is 2.66. The van der Waals surface area contributed by atoms with Gasteiger partial charge in [-0.25, -0.2) is 0 Å². The Hall–Kier alpha value is -0.980. The first-order valence-electron chi connectivity index (χ1n) is 7.54. The van der Waals surface area contributed by atoms with Crippen molar-refractivity contribution in [3.05, 3.63) is 35.4 Å². The molecule has 0 radical (unpaired) electrons. The smallest absolute Gasteiger partial charge is 0.224 e. The molecule has 0 bridgehead atoms. The van der Waals surface area contributed by atoms with Gasteiger partial charge < -0.3 is 24.8 Å². The fourth-order valence-corrected chi connectivity index (χ4v) is 3.32. The summed E-state index contributed by atoms with van der Waals surface area (Å²) in [6.07, 6.45) is 0.0175. The first kappa shape index (κ1) is 14.9. The third-order valence-electron chi connectivity index (χ3n) is 4.35. The van der Waals surface area contributed by atoms with Crippen LogP contribution in [-0.2, 0) is 21.7 Å². The Kier molecular flexibility index (Phi) is 4.28. The molecule has 0 aliphatic carbocycles. The monoisotopic (exact) mass is 294 g/mol. The predicted octanol–water partition coefficient (Wildman–Crippen LogP) is 0.695. The number of hydrogen-bond acceptors (Lipinski definition) is 5. The topological polar surface area (TPSA) is 79.2 Å². The molecule has 21 heavy (non-hydrogen) atoms. The van der Waals surface area contributed by atoms with E-state index in [9.17, 15) is 10.2 Å². The minimum absolute atomic E-state index is 0.0226. The molecule has 5 heteroatoms. The van der Waals surface area contributed by atoms with E-state index in [2.05, 4.69) is 0 Å². The van der Waals surface area contributed by atoms with E-state index in [4.69, 9.17) is 14.6 Å². The van der Waals surface area contributed by atoms with Gasteiger partial charge in [-0.3, -0.25) is 0 Å². The number of aliphatic hydroxyl groups excluding tert-OH is 3. The molecular weight excluding hydrogens is 272 g/mol. The van der Waals surface area contributed by atoms with Crippen LogP contribution in [0.3, 0.4) is 0 Å². The highest BCUT2D eigenvalue weighted by atomic mass is 16.7. The number of rotatable bonds is 2. The molecule has 1 saturated heterocycles. The second-order valence-electron chi connectivity index (χ2n) is 5.78. The summed E-state index contributed by atoms with van der Waals surface area (Å²) in [4.78, 5) is 0. The number of aryl methyl sites for hydroxylation is 1. The van der Waals surface area contributed by atoms with Crippen molar-refractivity contribution in [2.75, 3.05) is 13.2 Å². The Morgan fingerprint density at radius 2 is 2.05 bits per heavy atom. The molecule has 116 valence electrons.